The van der Waals surface area contributed by atoms with Gasteiger partial charge in [-0.15, -0.1) is 0 Å². The Bertz CT molecular complexity index is 261. The third-order valence-electron chi connectivity index (χ3n) is 0.188. The Balaban J connectivity index is -0.0000000250. The molecule has 0 saturated carbocycles. The van der Waals surface area contributed by atoms with E-state index in [1.54, 1.807) is 0 Å². The molecule has 10 nitrogen and oxygen atoms in total. The SMILES string of the molecule is O=S(=O)(O)OO.O=S(=O)(O)OO.[H-].[H-].[K+].[K+]. The predicted molar refractivity (Wildman–Crippen MR) is 32.7 cm³/mol. The van der Waals surface area contributed by atoms with Crippen molar-refractivity contribution in [1.82, 2.24) is 0 Å². The molecule has 0 aliphatic carbocycles. The van der Waals surface area contributed by atoms with E-state index in [9.17, 15) is 0 Å². The van der Waals surface area contributed by atoms with Gasteiger partial charge in [0.15, 0.2) is 0 Å². The fourth-order valence-corrected chi connectivity index (χ4v) is 0. The Kier molecular flexibility index (Phi) is 22.7. The van der Waals surface area contributed by atoms with Gasteiger partial charge in [-0.1, -0.05) is 8.67 Å². The first-order chi connectivity index (χ1) is 5.12. The summed E-state index contributed by atoms with van der Waals surface area (Å²) in [6.07, 6.45) is 0. The van der Waals surface area contributed by atoms with Gasteiger partial charge in [0.25, 0.3) is 0 Å². The molecule has 0 aromatic heterocycles. The van der Waals surface area contributed by atoms with Crippen molar-refractivity contribution >= 4 is 20.8 Å². The minimum Gasteiger partial charge on any atom is -1.00 e. The summed E-state index contributed by atoms with van der Waals surface area (Å²) in [4.78, 5) is 0. The van der Waals surface area contributed by atoms with Crippen LogP contribution < -0.4 is 103 Å². The summed E-state index contributed by atoms with van der Waals surface area (Å²) in [6.45, 7) is 0. The van der Waals surface area contributed by atoms with Crippen molar-refractivity contribution in [2.75, 3.05) is 0 Å². The van der Waals surface area contributed by atoms with Crippen LogP contribution in [0.25, 0.3) is 0 Å². The van der Waals surface area contributed by atoms with Crippen molar-refractivity contribution in [2.24, 2.45) is 0 Å². The molecule has 0 bridgehead atoms. The first-order valence-electron chi connectivity index (χ1n) is 1.73. The maximum atomic E-state index is 9.08. The molecule has 0 radical (unpaired) electrons. The van der Waals surface area contributed by atoms with E-state index in [4.69, 9.17) is 36.5 Å². The molecular weight excluding hydrogens is 302 g/mol. The van der Waals surface area contributed by atoms with Crippen molar-refractivity contribution in [1.29, 1.82) is 0 Å². The van der Waals surface area contributed by atoms with Crippen LogP contribution in [-0.2, 0) is 29.5 Å². The average molecular weight is 308 g/mol. The zero-order valence-electron chi connectivity index (χ0n) is 9.05. The Hall–Kier alpha value is 2.93. The molecule has 0 atom stereocenters. The minimum absolute atomic E-state index is 0. The summed E-state index contributed by atoms with van der Waals surface area (Å²) >= 11 is 0. The Morgan fingerprint density at radius 3 is 0.857 bits per heavy atom. The molecule has 0 aromatic carbocycles. The zero-order valence-corrected chi connectivity index (χ0v) is 14.9. The Morgan fingerprint density at radius 1 is 0.786 bits per heavy atom. The van der Waals surface area contributed by atoms with E-state index in [1.165, 1.54) is 0 Å². The average Bonchev–Trinajstić information content (AvgIpc) is 1.86. The number of rotatable bonds is 2. The predicted octanol–water partition coefficient (Wildman–Crippen LogP) is -7.21. The molecular formula is H6K2O10S2. The van der Waals surface area contributed by atoms with Crippen molar-refractivity contribution < 1.29 is 151 Å². The van der Waals surface area contributed by atoms with Crippen molar-refractivity contribution in [2.45, 2.75) is 0 Å². The van der Waals surface area contributed by atoms with Gasteiger partial charge < -0.3 is 2.85 Å². The third kappa shape index (κ3) is 36.3. The van der Waals surface area contributed by atoms with E-state index in [1.807, 2.05) is 0 Å². The van der Waals surface area contributed by atoms with Crippen LogP contribution in [0.3, 0.4) is 0 Å². The van der Waals surface area contributed by atoms with E-state index in [0.717, 1.165) is 0 Å². The second kappa shape index (κ2) is 12.4. The summed E-state index contributed by atoms with van der Waals surface area (Å²) in [6, 6.07) is 0. The van der Waals surface area contributed by atoms with Gasteiger partial charge in [-0.05, 0) is 0 Å². The van der Waals surface area contributed by atoms with E-state index in [-0.39, 0.29) is 106 Å². The van der Waals surface area contributed by atoms with Gasteiger partial charge in [0.1, 0.15) is 0 Å². The molecule has 0 fully saturated rings. The molecule has 0 aromatic rings. The van der Waals surface area contributed by atoms with Crippen LogP contribution in [0.1, 0.15) is 2.85 Å². The molecule has 0 aliphatic rings. The minimum atomic E-state index is -4.61. The number of hydrogen-bond acceptors (Lipinski definition) is 8. The molecule has 80 valence electrons. The van der Waals surface area contributed by atoms with Gasteiger partial charge >= 0.3 is 124 Å². The van der Waals surface area contributed by atoms with Crippen LogP contribution in [0.5, 0.6) is 0 Å². The van der Waals surface area contributed by atoms with Gasteiger partial charge in [0.05, 0.1) is 0 Å². The number of hydrogen-bond donors (Lipinski definition) is 4. The fraction of sp³-hybridized carbons (Fsp3) is 0. The summed E-state index contributed by atoms with van der Waals surface area (Å²) in [5.74, 6) is 0. The maximum absolute atomic E-state index is 9.08. The van der Waals surface area contributed by atoms with Crippen molar-refractivity contribution in [3.8, 4) is 0 Å². The fourth-order valence-electron chi connectivity index (χ4n) is 0. The molecule has 0 spiro atoms. The summed E-state index contributed by atoms with van der Waals surface area (Å²) in [5.41, 5.74) is 0. The normalized spacial score (nSPS) is 10.0. The topological polar surface area (TPSA) is 168 Å². The van der Waals surface area contributed by atoms with E-state index in [0.29, 0.717) is 0 Å². The van der Waals surface area contributed by atoms with Crippen LogP contribution in [0.4, 0.5) is 0 Å². The van der Waals surface area contributed by atoms with Gasteiger partial charge in [-0.3, -0.25) is 9.11 Å². The first kappa shape index (κ1) is 25.7. The molecule has 4 N–H and O–H groups in total. The second-order valence-corrected chi connectivity index (χ2v) is 3.01. The Morgan fingerprint density at radius 2 is 0.857 bits per heavy atom. The van der Waals surface area contributed by atoms with Gasteiger partial charge in [0, 0.05) is 0 Å². The maximum Gasteiger partial charge on any atom is 1.00 e. The molecule has 0 unspecified atom stereocenters. The summed E-state index contributed by atoms with van der Waals surface area (Å²) in [7, 11) is -9.21. The smallest absolute Gasteiger partial charge is 1.00 e. The van der Waals surface area contributed by atoms with Crippen molar-refractivity contribution in [3.05, 3.63) is 0 Å². The molecule has 0 rings (SSSR count). The molecule has 0 saturated heterocycles. The van der Waals surface area contributed by atoms with E-state index in [2.05, 4.69) is 8.67 Å². The molecule has 14 heavy (non-hydrogen) atoms. The quantitative estimate of drug-likeness (QED) is 0.166. The van der Waals surface area contributed by atoms with Gasteiger partial charge in [-0.2, -0.15) is 16.8 Å². The van der Waals surface area contributed by atoms with Crippen LogP contribution in [0, 0.1) is 0 Å². The first-order valence-corrected chi connectivity index (χ1v) is 4.46. The molecule has 14 heteroatoms. The second-order valence-electron chi connectivity index (χ2n) is 1.00. The van der Waals surface area contributed by atoms with Crippen LogP contribution in [-0.4, -0.2) is 36.5 Å². The summed E-state index contributed by atoms with van der Waals surface area (Å²) in [5, 5.41) is 14.1. The van der Waals surface area contributed by atoms with Crippen molar-refractivity contribution in [3.63, 3.8) is 0 Å². The van der Waals surface area contributed by atoms with Crippen LogP contribution >= 0.6 is 0 Å². The van der Waals surface area contributed by atoms with E-state index >= 15 is 0 Å². The van der Waals surface area contributed by atoms with Crippen LogP contribution in [0.2, 0.25) is 0 Å². The van der Waals surface area contributed by atoms with Gasteiger partial charge in [0.2, 0.25) is 0 Å². The standard InChI is InChI=1S/2K.2H2O5S.2H/c;;2*1-5-6(2,3)4;;/h;;2*1H,(H,2,3,4);;/q2*+1;;;2*-1. The Labute approximate surface area is 168 Å². The summed E-state index contributed by atoms with van der Waals surface area (Å²) < 4.78 is 55.9. The monoisotopic (exact) mass is 308 g/mol. The molecule has 0 aliphatic heterocycles. The van der Waals surface area contributed by atoms with Crippen LogP contribution in [0.15, 0.2) is 0 Å². The molecule has 0 heterocycles. The zero-order chi connectivity index (χ0) is 10.4. The molecule has 0 amide bonds. The largest absolute Gasteiger partial charge is 1.00 e. The van der Waals surface area contributed by atoms with Gasteiger partial charge in [-0.25, -0.2) is 10.5 Å². The third-order valence-corrected chi connectivity index (χ3v) is 0.565. The van der Waals surface area contributed by atoms with E-state index < -0.39 is 20.8 Å².